The van der Waals surface area contributed by atoms with E-state index in [9.17, 15) is 9.59 Å². The number of hydrogen-bond acceptors (Lipinski definition) is 2. The first-order valence-electron chi connectivity index (χ1n) is 3.80. The fourth-order valence-corrected chi connectivity index (χ4v) is 0.983. The van der Waals surface area contributed by atoms with Crippen LogP contribution in [-0.2, 0) is 4.79 Å². The highest BCUT2D eigenvalue weighted by molar-refractivity contribution is 6.30. The Morgan fingerprint density at radius 1 is 1.14 bits per heavy atom. The summed E-state index contributed by atoms with van der Waals surface area (Å²) in [6.45, 7) is 0. The smallest absolute Gasteiger partial charge is 0.328 e. The van der Waals surface area contributed by atoms with Gasteiger partial charge in [-0.15, -0.1) is 0 Å². The number of carboxylic acid groups (broad SMARTS) is 1. The van der Waals surface area contributed by atoms with Crippen LogP contribution in [0.25, 0.3) is 0 Å². The van der Waals surface area contributed by atoms with Crippen LogP contribution in [0.4, 0.5) is 0 Å². The number of carbonyl (C=O) groups excluding carboxylic acids is 1. The van der Waals surface area contributed by atoms with E-state index in [-0.39, 0.29) is 5.78 Å². The zero-order valence-corrected chi connectivity index (χ0v) is 7.86. The molecule has 0 atom stereocenters. The number of allylic oxidation sites excluding steroid dienone is 1. The van der Waals surface area contributed by atoms with Gasteiger partial charge in [-0.2, -0.15) is 0 Å². The quantitative estimate of drug-likeness (QED) is 0.615. The fraction of sp³-hybridized carbons (Fsp3) is 0. The third-order valence-electron chi connectivity index (χ3n) is 1.51. The lowest BCUT2D eigenvalue weighted by Gasteiger charge is -1.94. The van der Waals surface area contributed by atoms with Gasteiger partial charge in [0, 0.05) is 16.7 Å². The molecule has 0 heterocycles. The standard InChI is InChI=1S/C10H7ClO3/c11-8-3-1-7(2-4-8)9(12)5-6-10(13)14/h1-6H,(H,13,14)/b6-5-. The fourth-order valence-electron chi connectivity index (χ4n) is 0.857. The number of rotatable bonds is 3. The molecule has 0 aliphatic heterocycles. The predicted molar refractivity (Wildman–Crippen MR) is 52.6 cm³/mol. The lowest BCUT2D eigenvalue weighted by atomic mass is 10.1. The Kier molecular flexibility index (Phi) is 3.42. The van der Waals surface area contributed by atoms with Crippen molar-refractivity contribution in [2.75, 3.05) is 0 Å². The van der Waals surface area contributed by atoms with E-state index >= 15 is 0 Å². The van der Waals surface area contributed by atoms with Crippen LogP contribution in [0.3, 0.4) is 0 Å². The van der Waals surface area contributed by atoms with E-state index in [0.29, 0.717) is 10.6 Å². The summed E-state index contributed by atoms with van der Waals surface area (Å²) in [5, 5.41) is 8.82. The summed E-state index contributed by atoms with van der Waals surface area (Å²) in [4.78, 5) is 21.4. The zero-order chi connectivity index (χ0) is 10.6. The third-order valence-corrected chi connectivity index (χ3v) is 1.76. The largest absolute Gasteiger partial charge is 0.478 e. The first-order valence-corrected chi connectivity index (χ1v) is 4.18. The Morgan fingerprint density at radius 2 is 1.71 bits per heavy atom. The molecule has 1 N–H and O–H groups in total. The van der Waals surface area contributed by atoms with Gasteiger partial charge in [0.05, 0.1) is 0 Å². The van der Waals surface area contributed by atoms with E-state index in [0.717, 1.165) is 12.2 Å². The summed E-state index contributed by atoms with van der Waals surface area (Å²) in [5.41, 5.74) is 0.409. The molecular formula is C10H7ClO3. The lowest BCUT2D eigenvalue weighted by molar-refractivity contribution is -0.131. The van der Waals surface area contributed by atoms with Crippen molar-refractivity contribution < 1.29 is 14.7 Å². The van der Waals surface area contributed by atoms with Crippen LogP contribution in [0.15, 0.2) is 36.4 Å². The highest BCUT2D eigenvalue weighted by Gasteiger charge is 2.01. The molecule has 1 aromatic rings. The average molecular weight is 211 g/mol. The number of hydrogen-bond donors (Lipinski definition) is 1. The van der Waals surface area contributed by atoms with Gasteiger partial charge >= 0.3 is 5.97 Å². The normalized spacial score (nSPS) is 10.4. The van der Waals surface area contributed by atoms with Gasteiger partial charge in [-0.3, -0.25) is 4.79 Å². The second kappa shape index (κ2) is 4.58. The molecular weight excluding hydrogens is 204 g/mol. The Hall–Kier alpha value is -1.61. The van der Waals surface area contributed by atoms with E-state index in [2.05, 4.69) is 0 Å². The van der Waals surface area contributed by atoms with Gasteiger partial charge < -0.3 is 5.11 Å². The van der Waals surface area contributed by atoms with Crippen LogP contribution >= 0.6 is 11.6 Å². The molecule has 0 aliphatic rings. The number of ketones is 1. The molecule has 0 aromatic heterocycles. The molecule has 1 aromatic carbocycles. The number of benzene rings is 1. The molecule has 0 unspecified atom stereocenters. The van der Waals surface area contributed by atoms with Crippen molar-refractivity contribution in [1.29, 1.82) is 0 Å². The van der Waals surface area contributed by atoms with E-state index in [1.54, 1.807) is 12.1 Å². The maximum absolute atomic E-state index is 11.3. The molecule has 0 saturated heterocycles. The van der Waals surface area contributed by atoms with Crippen molar-refractivity contribution in [3.8, 4) is 0 Å². The molecule has 0 radical (unpaired) electrons. The van der Waals surface area contributed by atoms with Gasteiger partial charge in [-0.05, 0) is 30.3 Å². The second-order valence-electron chi connectivity index (χ2n) is 2.54. The van der Waals surface area contributed by atoms with Crippen molar-refractivity contribution in [1.82, 2.24) is 0 Å². The molecule has 4 heteroatoms. The molecule has 0 bridgehead atoms. The lowest BCUT2D eigenvalue weighted by Crippen LogP contribution is -1.96. The molecule has 0 spiro atoms. The van der Waals surface area contributed by atoms with Gasteiger partial charge in [-0.25, -0.2) is 4.79 Å². The van der Waals surface area contributed by atoms with Crippen LogP contribution in [0.5, 0.6) is 0 Å². The monoisotopic (exact) mass is 210 g/mol. The van der Waals surface area contributed by atoms with Gasteiger partial charge in [0.1, 0.15) is 0 Å². The Labute approximate surface area is 85.6 Å². The van der Waals surface area contributed by atoms with E-state index < -0.39 is 5.97 Å². The minimum atomic E-state index is -1.15. The van der Waals surface area contributed by atoms with Crippen molar-refractivity contribution in [2.45, 2.75) is 0 Å². The molecule has 0 amide bonds. The van der Waals surface area contributed by atoms with Gasteiger partial charge in [0.15, 0.2) is 5.78 Å². The third kappa shape index (κ3) is 3.03. The summed E-state index contributed by atoms with van der Waals surface area (Å²) in [6.07, 6.45) is 1.81. The van der Waals surface area contributed by atoms with Crippen LogP contribution < -0.4 is 0 Å². The minimum Gasteiger partial charge on any atom is -0.478 e. The predicted octanol–water partition coefficient (Wildman–Crippen LogP) is 2.16. The highest BCUT2D eigenvalue weighted by atomic mass is 35.5. The molecule has 0 saturated carbocycles. The maximum atomic E-state index is 11.3. The SMILES string of the molecule is O=C(O)/C=C\C(=O)c1ccc(Cl)cc1. The van der Waals surface area contributed by atoms with Crippen LogP contribution in [0, 0.1) is 0 Å². The topological polar surface area (TPSA) is 54.4 Å². The van der Waals surface area contributed by atoms with Crippen molar-refractivity contribution >= 4 is 23.4 Å². The number of aliphatic carboxylic acids is 1. The van der Waals surface area contributed by atoms with E-state index in [1.807, 2.05) is 0 Å². The summed E-state index contributed by atoms with van der Waals surface area (Å²) >= 11 is 5.62. The molecule has 0 fully saturated rings. The minimum absolute atomic E-state index is 0.357. The van der Waals surface area contributed by atoms with Crippen LogP contribution in [0.1, 0.15) is 10.4 Å². The van der Waals surface area contributed by atoms with Crippen molar-refractivity contribution in [3.63, 3.8) is 0 Å². The van der Waals surface area contributed by atoms with E-state index in [1.165, 1.54) is 12.1 Å². The van der Waals surface area contributed by atoms with Crippen molar-refractivity contribution in [2.24, 2.45) is 0 Å². The first-order chi connectivity index (χ1) is 6.59. The average Bonchev–Trinajstić information content (AvgIpc) is 2.15. The van der Waals surface area contributed by atoms with Crippen molar-refractivity contribution in [3.05, 3.63) is 47.0 Å². The van der Waals surface area contributed by atoms with Crippen LogP contribution in [-0.4, -0.2) is 16.9 Å². The number of carboxylic acids is 1. The van der Waals surface area contributed by atoms with Crippen LogP contribution in [0.2, 0.25) is 5.02 Å². The maximum Gasteiger partial charge on any atom is 0.328 e. The summed E-state index contributed by atoms with van der Waals surface area (Å²) < 4.78 is 0. The van der Waals surface area contributed by atoms with Gasteiger partial charge in [0.2, 0.25) is 0 Å². The summed E-state index contributed by atoms with van der Waals surface area (Å²) in [5.74, 6) is -1.50. The first kappa shape index (κ1) is 10.5. The summed E-state index contributed by atoms with van der Waals surface area (Å²) in [7, 11) is 0. The highest BCUT2D eigenvalue weighted by Crippen LogP contribution is 2.10. The Bertz CT molecular complexity index is 379. The Balaban J connectivity index is 2.80. The van der Waals surface area contributed by atoms with E-state index in [4.69, 9.17) is 16.7 Å². The molecule has 0 aliphatic carbocycles. The summed E-state index contributed by atoms with van der Waals surface area (Å²) in [6, 6.07) is 6.22. The molecule has 14 heavy (non-hydrogen) atoms. The zero-order valence-electron chi connectivity index (χ0n) is 7.11. The molecule has 72 valence electrons. The van der Waals surface area contributed by atoms with Gasteiger partial charge in [-0.1, -0.05) is 11.6 Å². The Morgan fingerprint density at radius 3 is 2.21 bits per heavy atom. The number of carbonyl (C=O) groups is 2. The number of halogens is 1. The van der Waals surface area contributed by atoms with Gasteiger partial charge in [0.25, 0.3) is 0 Å². The molecule has 1 rings (SSSR count). The molecule has 3 nitrogen and oxygen atoms in total. The second-order valence-corrected chi connectivity index (χ2v) is 2.98.